The second-order valence-corrected chi connectivity index (χ2v) is 12.8. The molecule has 0 aliphatic carbocycles. The maximum Gasteiger partial charge on any atom is 0.0476 e. The average Bonchev–Trinajstić information content (AvgIpc) is 3.51. The van der Waals surface area contributed by atoms with Gasteiger partial charge in [0.25, 0.3) is 0 Å². The minimum absolute atomic E-state index is 1.13. The molecule has 9 rings (SSSR count). The Kier molecular flexibility index (Phi) is 6.40. The van der Waals surface area contributed by atoms with Crippen LogP contribution in [0.1, 0.15) is 0 Å². The van der Waals surface area contributed by atoms with Crippen LogP contribution >= 0.6 is 11.3 Å². The zero-order valence-electron chi connectivity index (χ0n) is 25.1. The van der Waals surface area contributed by atoms with E-state index in [-0.39, 0.29) is 0 Å². The van der Waals surface area contributed by atoms with Gasteiger partial charge in [0.1, 0.15) is 0 Å². The van der Waals surface area contributed by atoms with Crippen molar-refractivity contribution in [2.45, 2.75) is 0 Å². The van der Waals surface area contributed by atoms with Crippen LogP contribution < -0.4 is 4.90 Å². The van der Waals surface area contributed by atoms with E-state index in [0.29, 0.717) is 0 Å². The van der Waals surface area contributed by atoms with Crippen LogP contribution in [0.3, 0.4) is 0 Å². The highest BCUT2D eigenvalue weighted by atomic mass is 32.1. The summed E-state index contributed by atoms with van der Waals surface area (Å²) in [5.41, 5.74) is 8.27. The molecule has 1 heterocycles. The van der Waals surface area contributed by atoms with Crippen molar-refractivity contribution in [3.05, 3.63) is 176 Å². The molecule has 0 radical (unpaired) electrons. The van der Waals surface area contributed by atoms with Crippen molar-refractivity contribution in [3.8, 4) is 22.3 Å². The number of hydrogen-bond acceptors (Lipinski definition) is 2. The zero-order chi connectivity index (χ0) is 30.5. The van der Waals surface area contributed by atoms with Gasteiger partial charge in [-0.05, 0) is 80.2 Å². The van der Waals surface area contributed by atoms with Crippen molar-refractivity contribution < 1.29 is 0 Å². The Balaban J connectivity index is 1.22. The fourth-order valence-corrected chi connectivity index (χ4v) is 8.07. The summed E-state index contributed by atoms with van der Waals surface area (Å²) in [4.78, 5) is 2.39. The third-order valence-electron chi connectivity index (χ3n) is 9.04. The van der Waals surface area contributed by atoms with Gasteiger partial charge in [-0.3, -0.25) is 0 Å². The van der Waals surface area contributed by atoms with Gasteiger partial charge in [0.2, 0.25) is 0 Å². The minimum atomic E-state index is 1.13. The molecule has 216 valence electrons. The highest BCUT2D eigenvalue weighted by molar-refractivity contribution is 7.26. The molecule has 0 fully saturated rings. The van der Waals surface area contributed by atoms with E-state index in [4.69, 9.17) is 0 Å². The minimum Gasteiger partial charge on any atom is -0.310 e. The molecule has 0 atom stereocenters. The SMILES string of the molecule is c1ccc(-c2ccc(N(c3cccc(-c4cccc5ccccc45)c3)c3ccc4c(c3)sc3c5ccccc5ccc43)cc2)cc1. The van der Waals surface area contributed by atoms with Crippen molar-refractivity contribution in [3.63, 3.8) is 0 Å². The molecular weight excluding hydrogens is 575 g/mol. The lowest BCUT2D eigenvalue weighted by molar-refractivity contribution is 1.29. The van der Waals surface area contributed by atoms with Crippen LogP contribution in [0.4, 0.5) is 17.1 Å². The number of rotatable bonds is 5. The molecule has 9 aromatic rings. The topological polar surface area (TPSA) is 3.24 Å². The van der Waals surface area contributed by atoms with Gasteiger partial charge in [0.15, 0.2) is 0 Å². The molecule has 46 heavy (non-hydrogen) atoms. The number of benzene rings is 8. The van der Waals surface area contributed by atoms with Crippen molar-refractivity contribution in [1.82, 2.24) is 0 Å². The van der Waals surface area contributed by atoms with E-state index in [1.807, 2.05) is 11.3 Å². The number of anilines is 3. The molecule has 1 aromatic heterocycles. The summed E-state index contributed by atoms with van der Waals surface area (Å²) < 4.78 is 2.64. The first-order chi connectivity index (χ1) is 22.8. The lowest BCUT2D eigenvalue weighted by atomic mass is 9.97. The van der Waals surface area contributed by atoms with Crippen LogP contribution in [-0.2, 0) is 0 Å². The molecule has 8 aromatic carbocycles. The lowest BCUT2D eigenvalue weighted by Crippen LogP contribution is -2.10. The Morgan fingerprint density at radius 3 is 1.80 bits per heavy atom. The summed E-state index contributed by atoms with van der Waals surface area (Å²) >= 11 is 1.89. The number of thiophene rings is 1. The van der Waals surface area contributed by atoms with Gasteiger partial charge >= 0.3 is 0 Å². The standard InChI is InChI=1S/C44H29NS/c1-2-10-30(11-3-1)31-20-23-35(24-21-31)45(36-16-8-15-34(28-36)39-19-9-14-32-12-4-6-17-38(32)39)37-25-27-41-42-26-22-33-13-5-7-18-40(33)44(42)46-43(41)29-37/h1-29H. The zero-order valence-corrected chi connectivity index (χ0v) is 25.9. The molecule has 0 amide bonds. The molecule has 1 nitrogen and oxygen atoms in total. The Morgan fingerprint density at radius 2 is 0.957 bits per heavy atom. The number of fused-ring (bicyclic) bond motifs is 6. The average molecular weight is 604 g/mol. The van der Waals surface area contributed by atoms with Gasteiger partial charge in [0.05, 0.1) is 0 Å². The molecular formula is C44H29NS. The van der Waals surface area contributed by atoms with E-state index < -0.39 is 0 Å². The van der Waals surface area contributed by atoms with Crippen molar-refractivity contribution in [2.24, 2.45) is 0 Å². The highest BCUT2D eigenvalue weighted by Crippen LogP contribution is 2.43. The highest BCUT2D eigenvalue weighted by Gasteiger charge is 2.17. The fourth-order valence-electron chi connectivity index (χ4n) is 6.80. The predicted molar refractivity (Wildman–Crippen MR) is 200 cm³/mol. The quantitative estimate of drug-likeness (QED) is 0.189. The van der Waals surface area contributed by atoms with Crippen LogP contribution in [0.15, 0.2) is 176 Å². The molecule has 0 saturated carbocycles. The van der Waals surface area contributed by atoms with E-state index in [1.165, 1.54) is 64.0 Å². The van der Waals surface area contributed by atoms with E-state index in [1.54, 1.807) is 0 Å². The summed E-state index contributed by atoms with van der Waals surface area (Å²) in [6, 6.07) is 63.9. The van der Waals surface area contributed by atoms with Crippen molar-refractivity contribution in [2.75, 3.05) is 4.90 Å². The predicted octanol–water partition coefficient (Wildman–Crippen LogP) is 13.2. The molecule has 0 N–H and O–H groups in total. The second-order valence-electron chi connectivity index (χ2n) is 11.8. The first-order valence-corrected chi connectivity index (χ1v) is 16.5. The summed E-state index contributed by atoms with van der Waals surface area (Å²) in [5, 5.41) is 7.74. The number of hydrogen-bond donors (Lipinski definition) is 0. The third-order valence-corrected chi connectivity index (χ3v) is 10.2. The van der Waals surface area contributed by atoms with E-state index in [0.717, 1.165) is 17.1 Å². The lowest BCUT2D eigenvalue weighted by Gasteiger charge is -2.26. The maximum atomic E-state index is 2.39. The van der Waals surface area contributed by atoms with Gasteiger partial charge in [-0.25, -0.2) is 0 Å². The number of nitrogens with zero attached hydrogens (tertiary/aromatic N) is 1. The summed E-state index contributed by atoms with van der Waals surface area (Å²) in [5.74, 6) is 0. The Bertz CT molecular complexity index is 2520. The van der Waals surface area contributed by atoms with Crippen LogP contribution in [0.25, 0.3) is 64.0 Å². The largest absolute Gasteiger partial charge is 0.310 e. The van der Waals surface area contributed by atoms with Crippen LogP contribution in [0.5, 0.6) is 0 Å². The van der Waals surface area contributed by atoms with Gasteiger partial charge in [-0.2, -0.15) is 0 Å². The van der Waals surface area contributed by atoms with Gasteiger partial charge < -0.3 is 4.90 Å². The first-order valence-electron chi connectivity index (χ1n) is 15.7. The maximum absolute atomic E-state index is 2.39. The molecule has 0 bridgehead atoms. The third kappa shape index (κ3) is 4.54. The Morgan fingerprint density at radius 1 is 0.348 bits per heavy atom. The normalized spacial score (nSPS) is 11.5. The molecule has 2 heteroatoms. The monoisotopic (exact) mass is 603 g/mol. The van der Waals surface area contributed by atoms with Crippen LogP contribution in [0, 0.1) is 0 Å². The summed E-state index contributed by atoms with van der Waals surface area (Å²) in [6.07, 6.45) is 0. The Hall–Kier alpha value is -5.70. The van der Waals surface area contributed by atoms with E-state index >= 15 is 0 Å². The van der Waals surface area contributed by atoms with Gasteiger partial charge in [0, 0.05) is 37.2 Å². The van der Waals surface area contributed by atoms with Crippen molar-refractivity contribution >= 4 is 70.1 Å². The fraction of sp³-hybridized carbons (Fsp3) is 0. The van der Waals surface area contributed by atoms with Gasteiger partial charge in [-0.1, -0.05) is 140 Å². The van der Waals surface area contributed by atoms with Gasteiger partial charge in [-0.15, -0.1) is 11.3 Å². The molecule has 0 saturated heterocycles. The smallest absolute Gasteiger partial charge is 0.0476 e. The Labute approximate surface area is 272 Å². The van der Waals surface area contributed by atoms with E-state index in [9.17, 15) is 0 Å². The van der Waals surface area contributed by atoms with Crippen LogP contribution in [0.2, 0.25) is 0 Å². The molecule has 0 aliphatic heterocycles. The summed E-state index contributed by atoms with van der Waals surface area (Å²) in [7, 11) is 0. The van der Waals surface area contributed by atoms with Crippen molar-refractivity contribution in [1.29, 1.82) is 0 Å². The van der Waals surface area contributed by atoms with Crippen LogP contribution in [-0.4, -0.2) is 0 Å². The van der Waals surface area contributed by atoms with E-state index in [2.05, 4.69) is 181 Å². The molecule has 0 aliphatic rings. The first kappa shape index (κ1) is 26.7. The summed E-state index contributed by atoms with van der Waals surface area (Å²) in [6.45, 7) is 0. The second kappa shape index (κ2) is 11.0. The molecule has 0 unspecified atom stereocenters. The molecule has 0 spiro atoms.